The first-order valence-corrected chi connectivity index (χ1v) is 9.49. The summed E-state index contributed by atoms with van der Waals surface area (Å²) in [5.41, 5.74) is 5.18. The summed E-state index contributed by atoms with van der Waals surface area (Å²) in [7, 11) is 0. The summed E-state index contributed by atoms with van der Waals surface area (Å²) in [6.07, 6.45) is -10.8. The number of rotatable bonds is 9. The van der Waals surface area contributed by atoms with E-state index in [0.717, 1.165) is 11.3 Å². The molecule has 4 N–H and O–H groups in total. The first-order valence-electron chi connectivity index (χ1n) is 14.2. The van der Waals surface area contributed by atoms with E-state index in [1.165, 1.54) is 31.2 Å². The van der Waals surface area contributed by atoms with Crippen molar-refractivity contribution in [3.05, 3.63) is 76.2 Å². The molecule has 1 aromatic heterocycles. The molecule has 1 amide bonds. The van der Waals surface area contributed by atoms with Crippen molar-refractivity contribution in [3.8, 4) is 0 Å². The van der Waals surface area contributed by atoms with Crippen LogP contribution in [-0.2, 0) is 17.6 Å². The molecule has 0 fully saturated rings. The summed E-state index contributed by atoms with van der Waals surface area (Å²) in [4.78, 5) is 16.3. The Hall–Kier alpha value is -2.70. The topological polar surface area (TPSA) is 88.2 Å². The van der Waals surface area contributed by atoms with Crippen LogP contribution in [0.15, 0.2) is 53.8 Å². The first-order chi connectivity index (χ1) is 18.3. The SMILES string of the molecule is [2H]c1sc(N)nc1C([2H])([2H])C(=O)Nc1ccc(CC([2H])([2H])CC([2H])([2H])[C@H](O)c2c([2H])c([2H])c(C)c([2H])c2[2H])cc1. The van der Waals surface area contributed by atoms with Gasteiger partial charge in [-0.1, -0.05) is 48.3 Å². The fourth-order valence-electron chi connectivity index (χ4n) is 2.28. The maximum absolute atomic E-state index is 12.5. The number of hydrogen-bond donors (Lipinski definition) is 3. The zero-order valence-electron chi connectivity index (χ0n) is 26.6. The van der Waals surface area contributed by atoms with Crippen LogP contribution >= 0.6 is 11.3 Å². The number of hydrogen-bond acceptors (Lipinski definition) is 5. The molecule has 0 bridgehead atoms. The highest BCUT2D eigenvalue weighted by atomic mass is 32.1. The van der Waals surface area contributed by atoms with Crippen molar-refractivity contribution in [3.63, 3.8) is 0 Å². The van der Waals surface area contributed by atoms with Gasteiger partial charge in [0.1, 0.15) is 0 Å². The van der Waals surface area contributed by atoms with Crippen molar-refractivity contribution in [2.45, 2.75) is 45.0 Å². The molecule has 0 unspecified atom stereocenters. The smallest absolute Gasteiger partial charge is 0.230 e. The third-order valence-corrected chi connectivity index (χ3v) is 4.31. The third-order valence-electron chi connectivity index (χ3n) is 3.71. The molecule has 0 aliphatic heterocycles. The van der Waals surface area contributed by atoms with Crippen LogP contribution in [-0.4, -0.2) is 16.0 Å². The average molecular weight is 421 g/mol. The van der Waals surface area contributed by atoms with Gasteiger partial charge in [0, 0.05) is 19.3 Å². The lowest BCUT2D eigenvalue weighted by atomic mass is 10.0. The van der Waals surface area contributed by atoms with Crippen molar-refractivity contribution in [1.29, 1.82) is 0 Å². The van der Waals surface area contributed by atoms with E-state index < -0.39 is 73.0 Å². The fourth-order valence-corrected chi connectivity index (χ4v) is 2.72. The molecule has 6 heteroatoms. The van der Waals surface area contributed by atoms with E-state index in [2.05, 4.69) is 10.3 Å². The number of aliphatic hydroxyl groups is 1. The number of thiazole rings is 1. The molecule has 0 aliphatic rings. The van der Waals surface area contributed by atoms with E-state index in [9.17, 15) is 9.90 Å². The van der Waals surface area contributed by atoms with Crippen LogP contribution in [0.25, 0.3) is 0 Å². The van der Waals surface area contributed by atoms with Gasteiger partial charge >= 0.3 is 0 Å². The van der Waals surface area contributed by atoms with E-state index in [0.29, 0.717) is 5.56 Å². The molecule has 29 heavy (non-hydrogen) atoms. The van der Waals surface area contributed by atoms with Crippen LogP contribution in [0.2, 0.25) is 0 Å². The van der Waals surface area contributed by atoms with E-state index in [1.54, 1.807) is 0 Å². The number of benzene rings is 2. The largest absolute Gasteiger partial charge is 0.388 e. The van der Waals surface area contributed by atoms with E-state index >= 15 is 0 Å². The van der Waals surface area contributed by atoms with Gasteiger partial charge in [-0.15, -0.1) is 11.3 Å². The van der Waals surface area contributed by atoms with Gasteiger partial charge in [-0.05, 0) is 49.4 Å². The first kappa shape index (κ1) is 10.9. The second-order valence-electron chi connectivity index (χ2n) is 6.03. The van der Waals surface area contributed by atoms with Crippen LogP contribution in [0.1, 0.15) is 62.7 Å². The van der Waals surface area contributed by atoms with Gasteiger partial charge in [-0.2, -0.15) is 0 Å². The fraction of sp³-hybridized carbons (Fsp3) is 0.304. The third kappa shape index (κ3) is 6.69. The molecular weight excluding hydrogens is 382 g/mol. The predicted octanol–water partition coefficient (Wildman–Crippen LogP) is 4.66. The second-order valence-corrected chi connectivity index (χ2v) is 6.85. The molecule has 3 aromatic rings. The van der Waals surface area contributed by atoms with Crippen LogP contribution < -0.4 is 11.1 Å². The Morgan fingerprint density at radius 3 is 2.69 bits per heavy atom. The van der Waals surface area contributed by atoms with Crippen LogP contribution in [0.5, 0.6) is 0 Å². The molecule has 1 heterocycles. The van der Waals surface area contributed by atoms with Gasteiger partial charge < -0.3 is 16.2 Å². The predicted molar refractivity (Wildman–Crippen MR) is 119 cm³/mol. The summed E-state index contributed by atoms with van der Waals surface area (Å²) in [5, 5.41) is 12.8. The van der Waals surface area contributed by atoms with E-state index in [4.69, 9.17) is 20.8 Å². The molecule has 3 rings (SSSR count). The monoisotopic (exact) mass is 420 g/mol. The Labute approximate surface area is 191 Å². The summed E-state index contributed by atoms with van der Waals surface area (Å²) in [6, 6.07) is 3.70. The van der Waals surface area contributed by atoms with Crippen molar-refractivity contribution in [2.24, 2.45) is 0 Å². The highest BCUT2D eigenvalue weighted by Crippen LogP contribution is 2.21. The Morgan fingerprint density at radius 1 is 1.31 bits per heavy atom. The van der Waals surface area contributed by atoms with Gasteiger partial charge in [0.2, 0.25) is 5.91 Å². The molecule has 0 saturated heterocycles. The highest BCUT2D eigenvalue weighted by molar-refractivity contribution is 7.13. The van der Waals surface area contributed by atoms with E-state index in [-0.39, 0.29) is 28.2 Å². The second kappa shape index (κ2) is 10.2. The molecule has 0 radical (unpaired) electrons. The lowest BCUT2D eigenvalue weighted by Gasteiger charge is -2.11. The maximum Gasteiger partial charge on any atom is 0.230 e. The van der Waals surface area contributed by atoms with Crippen molar-refractivity contribution in [2.75, 3.05) is 11.1 Å². The zero-order chi connectivity index (χ0) is 30.4. The number of aryl methyl sites for hydroxylation is 1. The Balaban J connectivity index is 1.73. The van der Waals surface area contributed by atoms with Crippen LogP contribution in [0.3, 0.4) is 0 Å². The number of carbonyl (C=O) groups excluding carboxylic acids is 1. The number of nitrogens with two attached hydrogens (primary N) is 1. The van der Waals surface area contributed by atoms with Gasteiger partial charge in [-0.25, -0.2) is 4.98 Å². The number of nitrogen functional groups attached to an aromatic ring is 1. The summed E-state index contributed by atoms with van der Waals surface area (Å²) in [6.45, 7) is 1.38. The zero-order valence-corrected chi connectivity index (χ0v) is 16.4. The molecule has 0 saturated carbocycles. The summed E-state index contributed by atoms with van der Waals surface area (Å²) in [5.74, 6) is -1.08. The Morgan fingerprint density at radius 2 is 2.03 bits per heavy atom. The molecule has 152 valence electrons. The van der Waals surface area contributed by atoms with Gasteiger partial charge in [-0.3, -0.25) is 4.79 Å². The van der Waals surface area contributed by atoms with Gasteiger partial charge in [0.15, 0.2) is 5.13 Å². The number of amides is 1. The number of aromatic nitrogens is 1. The Kier molecular flexibility index (Phi) is 3.83. The summed E-state index contributed by atoms with van der Waals surface area (Å²) < 4.78 is 89.2. The molecule has 5 nitrogen and oxygen atoms in total. The van der Waals surface area contributed by atoms with E-state index in [1.807, 2.05) is 0 Å². The van der Waals surface area contributed by atoms with Crippen molar-refractivity contribution in [1.82, 2.24) is 4.98 Å². The average Bonchev–Trinajstić information content (AvgIpc) is 3.20. The number of anilines is 2. The summed E-state index contributed by atoms with van der Waals surface area (Å²) >= 11 is 0.734. The minimum absolute atomic E-state index is 0.0476. The highest BCUT2D eigenvalue weighted by Gasteiger charge is 2.08. The normalized spacial score (nSPS) is 18.9. The van der Waals surface area contributed by atoms with Gasteiger partial charge in [0.05, 0.1) is 25.0 Å². The number of carbonyl (C=O) groups is 1. The lowest BCUT2D eigenvalue weighted by molar-refractivity contribution is -0.115. The quantitative estimate of drug-likeness (QED) is 0.470. The minimum atomic E-state index is -2.65. The molecule has 0 spiro atoms. The van der Waals surface area contributed by atoms with Gasteiger partial charge in [0.25, 0.3) is 0 Å². The molecule has 1 atom stereocenters. The van der Waals surface area contributed by atoms with Crippen molar-refractivity contribution >= 4 is 28.1 Å². The Bertz CT molecular complexity index is 1400. The van der Waals surface area contributed by atoms with Crippen LogP contribution in [0, 0.1) is 6.92 Å². The number of nitrogens with one attached hydrogen (secondary N) is 1. The number of aliphatic hydroxyl groups excluding tert-OH is 1. The maximum atomic E-state index is 12.5. The van der Waals surface area contributed by atoms with Crippen LogP contribution in [0.4, 0.5) is 10.8 Å². The molecule has 2 aromatic carbocycles. The van der Waals surface area contributed by atoms with Crippen molar-refractivity contribution < 1.29 is 25.0 Å². The lowest BCUT2D eigenvalue weighted by Crippen LogP contribution is -2.14. The number of nitrogens with zero attached hydrogens (tertiary/aromatic N) is 1. The molecule has 0 aliphatic carbocycles. The molecular formula is C23H27N3O2S. The minimum Gasteiger partial charge on any atom is -0.388 e. The standard InChI is InChI=1S/C23H27N3O2S/c1-16-6-10-18(11-7-16)21(27)5-3-2-4-17-8-12-19(13-9-17)25-22(28)14-20-15-29-23(24)26-20/h6-13,15,21,27H,2-5,14H2,1H3,(H2,24,26)(H,25,28)/t21-/m0/s1/i2D2,5D2,6D,7D,10D,11D,14D2,15D.